The van der Waals surface area contributed by atoms with Crippen molar-refractivity contribution in [3.05, 3.63) is 45.4 Å². The normalized spacial score (nSPS) is 14.3. The van der Waals surface area contributed by atoms with Crippen LogP contribution < -0.4 is 19.7 Å². The summed E-state index contributed by atoms with van der Waals surface area (Å²) in [6.45, 7) is 6.83. The lowest BCUT2D eigenvalue weighted by atomic mass is 10.1. The molecule has 6 heteroatoms. The molecule has 1 fully saturated rings. The third kappa shape index (κ3) is 5.26. The Morgan fingerprint density at radius 2 is 1.86 bits per heavy atom. The third-order valence-corrected chi connectivity index (χ3v) is 5.86. The maximum absolute atomic E-state index is 6.57. The molecule has 152 valence electrons. The maximum atomic E-state index is 6.57. The number of methoxy groups -OCH3 is 1. The number of anilines is 2. The summed E-state index contributed by atoms with van der Waals surface area (Å²) in [5, 5.41) is 4.25. The van der Waals surface area contributed by atoms with Gasteiger partial charge in [-0.25, -0.2) is 0 Å². The van der Waals surface area contributed by atoms with Gasteiger partial charge in [-0.05, 0) is 69.0 Å². The summed E-state index contributed by atoms with van der Waals surface area (Å²) in [6, 6.07) is 10.2. The standard InChI is InChI=1S/C22H28BrClN2O2/c1-15(2)28-22-13-18(23)16(11-21(22)27-3)14-25-17-7-8-20(19(24)12-17)26-9-5-4-6-10-26/h7-8,11-13,15,25H,4-6,9-10,14H2,1-3H3. The number of nitrogens with one attached hydrogen (secondary N) is 1. The molecule has 3 rings (SSSR count). The fourth-order valence-corrected chi connectivity index (χ4v) is 4.19. The number of halogens is 2. The molecule has 0 unspecified atom stereocenters. The van der Waals surface area contributed by atoms with Gasteiger partial charge in [-0.15, -0.1) is 0 Å². The Morgan fingerprint density at radius 1 is 1.11 bits per heavy atom. The SMILES string of the molecule is COc1cc(CNc2ccc(N3CCCCC3)c(Cl)c2)c(Br)cc1OC(C)C. The van der Waals surface area contributed by atoms with Crippen molar-refractivity contribution in [2.24, 2.45) is 0 Å². The van der Waals surface area contributed by atoms with Gasteiger partial charge in [0.25, 0.3) is 0 Å². The molecule has 0 spiro atoms. The minimum Gasteiger partial charge on any atom is -0.493 e. The molecule has 1 N–H and O–H groups in total. The van der Waals surface area contributed by atoms with E-state index in [1.54, 1.807) is 7.11 Å². The number of ether oxygens (including phenoxy) is 2. The first-order valence-electron chi connectivity index (χ1n) is 9.79. The van der Waals surface area contributed by atoms with Crippen LogP contribution in [0, 0.1) is 0 Å². The van der Waals surface area contributed by atoms with Gasteiger partial charge in [-0.3, -0.25) is 0 Å². The number of benzene rings is 2. The Morgan fingerprint density at radius 3 is 2.50 bits per heavy atom. The molecule has 0 aromatic heterocycles. The molecule has 4 nitrogen and oxygen atoms in total. The summed E-state index contributed by atoms with van der Waals surface area (Å²) in [7, 11) is 1.66. The summed E-state index contributed by atoms with van der Waals surface area (Å²) in [4.78, 5) is 2.38. The summed E-state index contributed by atoms with van der Waals surface area (Å²) >= 11 is 10.2. The lowest BCUT2D eigenvalue weighted by Crippen LogP contribution is -2.29. The van der Waals surface area contributed by atoms with E-state index in [0.717, 1.165) is 51.0 Å². The number of piperidine rings is 1. The lowest BCUT2D eigenvalue weighted by Gasteiger charge is -2.29. The molecule has 2 aromatic carbocycles. The molecular weight excluding hydrogens is 440 g/mol. The monoisotopic (exact) mass is 466 g/mol. The van der Waals surface area contributed by atoms with Gasteiger partial charge >= 0.3 is 0 Å². The molecule has 1 heterocycles. The largest absolute Gasteiger partial charge is 0.493 e. The summed E-state index contributed by atoms with van der Waals surface area (Å²) < 4.78 is 12.3. The van der Waals surface area contributed by atoms with Crippen molar-refractivity contribution in [2.75, 3.05) is 30.4 Å². The topological polar surface area (TPSA) is 33.7 Å². The van der Waals surface area contributed by atoms with Crippen LogP contribution in [0.5, 0.6) is 11.5 Å². The zero-order valence-corrected chi connectivity index (χ0v) is 19.1. The first-order valence-corrected chi connectivity index (χ1v) is 11.0. The van der Waals surface area contributed by atoms with Crippen LogP contribution in [0.4, 0.5) is 11.4 Å². The predicted octanol–water partition coefficient (Wildman–Crippen LogP) is 6.50. The number of hydrogen-bond acceptors (Lipinski definition) is 4. The van der Waals surface area contributed by atoms with E-state index >= 15 is 0 Å². The van der Waals surface area contributed by atoms with E-state index in [4.69, 9.17) is 21.1 Å². The Balaban J connectivity index is 1.70. The predicted molar refractivity (Wildman–Crippen MR) is 121 cm³/mol. The molecule has 0 atom stereocenters. The van der Waals surface area contributed by atoms with Crippen LogP contribution in [0.25, 0.3) is 0 Å². The summed E-state index contributed by atoms with van der Waals surface area (Å²) in [6.07, 6.45) is 3.88. The molecule has 0 amide bonds. The van der Waals surface area contributed by atoms with Gasteiger partial charge in [0.1, 0.15) is 0 Å². The second-order valence-corrected chi connectivity index (χ2v) is 8.59. The molecule has 0 saturated carbocycles. The second kappa shape index (κ2) is 9.75. The highest BCUT2D eigenvalue weighted by Crippen LogP contribution is 2.35. The average Bonchev–Trinajstić information content (AvgIpc) is 2.67. The van der Waals surface area contributed by atoms with Crippen molar-refractivity contribution >= 4 is 38.9 Å². The molecule has 1 aliphatic rings. The van der Waals surface area contributed by atoms with Crippen molar-refractivity contribution in [2.45, 2.75) is 45.8 Å². The Kier molecular flexibility index (Phi) is 7.36. The maximum Gasteiger partial charge on any atom is 0.162 e. The zero-order valence-electron chi connectivity index (χ0n) is 16.7. The highest BCUT2D eigenvalue weighted by molar-refractivity contribution is 9.10. The Labute approximate surface area is 181 Å². The van der Waals surface area contributed by atoms with E-state index in [0.29, 0.717) is 6.54 Å². The number of hydrogen-bond donors (Lipinski definition) is 1. The zero-order chi connectivity index (χ0) is 20.1. The van der Waals surface area contributed by atoms with Gasteiger partial charge < -0.3 is 19.7 Å². The second-order valence-electron chi connectivity index (χ2n) is 7.33. The highest BCUT2D eigenvalue weighted by Gasteiger charge is 2.15. The Bertz CT molecular complexity index is 807. The van der Waals surface area contributed by atoms with Crippen molar-refractivity contribution in [3.63, 3.8) is 0 Å². The minimum absolute atomic E-state index is 0.0883. The van der Waals surface area contributed by atoms with E-state index in [1.807, 2.05) is 32.0 Å². The average molecular weight is 468 g/mol. The lowest BCUT2D eigenvalue weighted by molar-refractivity contribution is 0.230. The van der Waals surface area contributed by atoms with Gasteiger partial charge in [-0.1, -0.05) is 27.5 Å². The van der Waals surface area contributed by atoms with E-state index in [2.05, 4.69) is 38.3 Å². The van der Waals surface area contributed by atoms with Crippen molar-refractivity contribution in [1.29, 1.82) is 0 Å². The van der Waals surface area contributed by atoms with Crippen LogP contribution in [-0.2, 0) is 6.54 Å². The number of rotatable bonds is 7. The van der Waals surface area contributed by atoms with Gasteiger partial charge in [0.15, 0.2) is 11.5 Å². The molecule has 0 bridgehead atoms. The summed E-state index contributed by atoms with van der Waals surface area (Å²) in [5.41, 5.74) is 3.22. The first kappa shape index (κ1) is 21.1. The van der Waals surface area contributed by atoms with Crippen molar-refractivity contribution in [1.82, 2.24) is 0 Å². The quantitative estimate of drug-likeness (QED) is 0.504. The van der Waals surface area contributed by atoms with Crippen LogP contribution in [-0.4, -0.2) is 26.3 Å². The molecule has 0 radical (unpaired) electrons. The highest BCUT2D eigenvalue weighted by atomic mass is 79.9. The van der Waals surface area contributed by atoms with Crippen LogP contribution in [0.15, 0.2) is 34.8 Å². The van der Waals surface area contributed by atoms with Gasteiger partial charge in [0, 0.05) is 29.8 Å². The molecule has 2 aromatic rings. The molecule has 28 heavy (non-hydrogen) atoms. The van der Waals surface area contributed by atoms with Gasteiger partial charge in [-0.2, -0.15) is 0 Å². The molecule has 1 aliphatic heterocycles. The summed E-state index contributed by atoms with van der Waals surface area (Å²) in [5.74, 6) is 1.47. The van der Waals surface area contributed by atoms with E-state index in [-0.39, 0.29) is 6.10 Å². The number of nitrogens with zero attached hydrogens (tertiary/aromatic N) is 1. The Hall–Kier alpha value is -1.59. The molecule has 1 saturated heterocycles. The van der Waals surface area contributed by atoms with Crippen LogP contribution >= 0.6 is 27.5 Å². The van der Waals surface area contributed by atoms with E-state index in [1.165, 1.54) is 19.3 Å². The van der Waals surface area contributed by atoms with Gasteiger partial charge in [0.2, 0.25) is 0 Å². The molecular formula is C22H28BrClN2O2. The van der Waals surface area contributed by atoms with Crippen molar-refractivity contribution < 1.29 is 9.47 Å². The van der Waals surface area contributed by atoms with Crippen LogP contribution in [0.3, 0.4) is 0 Å². The van der Waals surface area contributed by atoms with Gasteiger partial charge in [0.05, 0.1) is 23.9 Å². The van der Waals surface area contributed by atoms with Crippen LogP contribution in [0.2, 0.25) is 5.02 Å². The van der Waals surface area contributed by atoms with Crippen molar-refractivity contribution in [3.8, 4) is 11.5 Å². The van der Waals surface area contributed by atoms with E-state index in [9.17, 15) is 0 Å². The first-order chi connectivity index (χ1) is 13.5. The van der Waals surface area contributed by atoms with Crippen LogP contribution in [0.1, 0.15) is 38.7 Å². The third-order valence-electron chi connectivity index (χ3n) is 4.82. The fourth-order valence-electron chi connectivity index (χ4n) is 3.42. The smallest absolute Gasteiger partial charge is 0.162 e. The fraction of sp³-hybridized carbons (Fsp3) is 0.455. The van der Waals surface area contributed by atoms with E-state index < -0.39 is 0 Å². The minimum atomic E-state index is 0.0883. The molecule has 0 aliphatic carbocycles.